The van der Waals surface area contributed by atoms with Crippen molar-refractivity contribution >= 4 is 32.6 Å². The maximum absolute atomic E-state index is 5.85. The summed E-state index contributed by atoms with van der Waals surface area (Å²) in [7, 11) is 0. The Balaban J connectivity index is 1.78. The molecule has 0 aliphatic carbocycles. The molecule has 0 radical (unpaired) electrons. The van der Waals surface area contributed by atoms with Gasteiger partial charge in [-0.25, -0.2) is 0 Å². The molecule has 5 aromatic rings. The lowest BCUT2D eigenvalue weighted by Crippen LogP contribution is -1.99. The standard InChI is InChI=1S/C27H27N3O/c1-2-31-24-15-14-23(21-11-7-17-29-27(21)24)26-20(10-5-6-16-28)22-13-12-18-8-3-4-9-19(18)25(22)30-26/h3-4,7-9,11-15,17,30H,2,5-6,10,16,28H2,1H3. The molecular formula is C27H27N3O. The van der Waals surface area contributed by atoms with Crippen molar-refractivity contribution in [2.45, 2.75) is 26.2 Å². The zero-order chi connectivity index (χ0) is 21.2. The number of aryl methyl sites for hydroxylation is 1. The third-order valence-corrected chi connectivity index (χ3v) is 5.99. The number of hydrogen-bond donors (Lipinski definition) is 2. The topological polar surface area (TPSA) is 63.9 Å². The normalized spacial score (nSPS) is 11.5. The fourth-order valence-corrected chi connectivity index (χ4v) is 4.57. The van der Waals surface area contributed by atoms with E-state index in [0.29, 0.717) is 6.61 Å². The SMILES string of the molecule is CCOc1ccc(-c2[nH]c3c(ccc4ccccc43)c2CCCCN)c2cccnc12. The average Bonchev–Trinajstić information content (AvgIpc) is 3.18. The first-order valence-electron chi connectivity index (χ1n) is 11.0. The number of nitrogens with one attached hydrogen (secondary N) is 1. The fraction of sp³-hybridized carbons (Fsp3) is 0.222. The van der Waals surface area contributed by atoms with Gasteiger partial charge in [0.15, 0.2) is 0 Å². The van der Waals surface area contributed by atoms with Crippen molar-refractivity contribution in [1.29, 1.82) is 0 Å². The highest BCUT2D eigenvalue weighted by Crippen LogP contribution is 2.39. The van der Waals surface area contributed by atoms with Crippen LogP contribution in [-0.2, 0) is 6.42 Å². The lowest BCUT2D eigenvalue weighted by atomic mass is 9.96. The molecule has 4 nitrogen and oxygen atoms in total. The van der Waals surface area contributed by atoms with E-state index in [1.54, 1.807) is 0 Å². The van der Waals surface area contributed by atoms with E-state index in [-0.39, 0.29) is 0 Å². The Labute approximate surface area is 182 Å². The molecule has 0 amide bonds. The zero-order valence-electron chi connectivity index (χ0n) is 17.8. The minimum absolute atomic E-state index is 0.619. The third-order valence-electron chi connectivity index (χ3n) is 5.99. The summed E-state index contributed by atoms with van der Waals surface area (Å²) < 4.78 is 5.85. The van der Waals surface area contributed by atoms with E-state index in [4.69, 9.17) is 10.5 Å². The fourth-order valence-electron chi connectivity index (χ4n) is 4.57. The van der Waals surface area contributed by atoms with Gasteiger partial charge in [0.05, 0.1) is 17.8 Å². The van der Waals surface area contributed by atoms with Crippen LogP contribution in [0.5, 0.6) is 5.75 Å². The van der Waals surface area contributed by atoms with Crippen LogP contribution in [0.4, 0.5) is 0 Å². The number of H-pyrrole nitrogens is 1. The van der Waals surface area contributed by atoms with E-state index in [1.807, 2.05) is 25.3 Å². The molecule has 3 N–H and O–H groups in total. The molecule has 2 aromatic heterocycles. The molecule has 5 rings (SSSR count). The van der Waals surface area contributed by atoms with Crippen molar-refractivity contribution in [3.8, 4) is 17.0 Å². The molecular weight excluding hydrogens is 382 g/mol. The molecule has 0 fully saturated rings. The minimum atomic E-state index is 0.619. The lowest BCUT2D eigenvalue weighted by Gasteiger charge is -2.12. The van der Waals surface area contributed by atoms with Crippen molar-refractivity contribution in [3.63, 3.8) is 0 Å². The van der Waals surface area contributed by atoms with Crippen LogP contribution in [0.3, 0.4) is 0 Å². The summed E-state index contributed by atoms with van der Waals surface area (Å²) in [5.41, 5.74) is 11.6. The predicted molar refractivity (Wildman–Crippen MR) is 130 cm³/mol. The van der Waals surface area contributed by atoms with Gasteiger partial charge in [-0.1, -0.05) is 42.5 Å². The molecule has 4 heteroatoms. The van der Waals surface area contributed by atoms with Crippen molar-refractivity contribution in [1.82, 2.24) is 9.97 Å². The van der Waals surface area contributed by atoms with Gasteiger partial charge >= 0.3 is 0 Å². The summed E-state index contributed by atoms with van der Waals surface area (Å²) >= 11 is 0. The van der Waals surface area contributed by atoms with Crippen LogP contribution in [0.1, 0.15) is 25.3 Å². The van der Waals surface area contributed by atoms with Gasteiger partial charge in [-0.15, -0.1) is 0 Å². The Morgan fingerprint density at radius 2 is 1.77 bits per heavy atom. The van der Waals surface area contributed by atoms with Gasteiger partial charge in [0.2, 0.25) is 0 Å². The third kappa shape index (κ3) is 3.43. The first-order valence-corrected chi connectivity index (χ1v) is 11.0. The first-order chi connectivity index (χ1) is 15.3. The highest BCUT2D eigenvalue weighted by Gasteiger charge is 2.18. The molecule has 0 spiro atoms. The molecule has 0 saturated heterocycles. The number of aromatic nitrogens is 2. The maximum Gasteiger partial charge on any atom is 0.145 e. The number of hydrogen-bond acceptors (Lipinski definition) is 3. The van der Waals surface area contributed by atoms with Gasteiger partial charge < -0.3 is 15.5 Å². The molecule has 0 unspecified atom stereocenters. The van der Waals surface area contributed by atoms with Gasteiger partial charge in [-0.3, -0.25) is 4.98 Å². The lowest BCUT2D eigenvalue weighted by molar-refractivity contribution is 0.343. The number of nitrogens with zero attached hydrogens (tertiary/aromatic N) is 1. The zero-order valence-corrected chi connectivity index (χ0v) is 17.8. The van der Waals surface area contributed by atoms with Gasteiger partial charge in [0.1, 0.15) is 11.3 Å². The molecule has 0 aliphatic rings. The summed E-state index contributed by atoms with van der Waals surface area (Å²) in [6.07, 6.45) is 4.90. The first kappa shape index (κ1) is 19.6. The highest BCUT2D eigenvalue weighted by atomic mass is 16.5. The average molecular weight is 410 g/mol. The van der Waals surface area contributed by atoms with Crippen LogP contribution in [0.25, 0.3) is 43.8 Å². The number of unbranched alkanes of at least 4 members (excludes halogenated alkanes) is 1. The van der Waals surface area contributed by atoms with Gasteiger partial charge in [0, 0.05) is 27.9 Å². The molecule has 0 atom stereocenters. The second-order valence-electron chi connectivity index (χ2n) is 7.88. The predicted octanol–water partition coefficient (Wildman–Crippen LogP) is 6.22. The van der Waals surface area contributed by atoms with Gasteiger partial charge in [0.25, 0.3) is 0 Å². The molecule has 31 heavy (non-hydrogen) atoms. The van der Waals surface area contributed by atoms with Crippen LogP contribution in [0.2, 0.25) is 0 Å². The van der Waals surface area contributed by atoms with Crippen LogP contribution < -0.4 is 10.5 Å². The Morgan fingerprint density at radius 3 is 2.65 bits per heavy atom. The number of pyridine rings is 1. The number of rotatable bonds is 7. The molecule has 156 valence electrons. The molecule has 0 bridgehead atoms. The number of benzene rings is 3. The Morgan fingerprint density at radius 1 is 0.903 bits per heavy atom. The monoisotopic (exact) mass is 409 g/mol. The van der Waals surface area contributed by atoms with Crippen LogP contribution in [0.15, 0.2) is 66.9 Å². The summed E-state index contributed by atoms with van der Waals surface area (Å²) in [5, 5.41) is 4.88. The Kier molecular flexibility index (Phi) is 5.31. The van der Waals surface area contributed by atoms with Crippen molar-refractivity contribution in [3.05, 3.63) is 72.4 Å². The van der Waals surface area contributed by atoms with Crippen molar-refractivity contribution < 1.29 is 4.74 Å². The van der Waals surface area contributed by atoms with E-state index in [9.17, 15) is 0 Å². The largest absolute Gasteiger partial charge is 0.492 e. The highest BCUT2D eigenvalue weighted by molar-refractivity contribution is 6.10. The molecule has 0 aliphatic heterocycles. The number of ether oxygens (including phenoxy) is 1. The quantitative estimate of drug-likeness (QED) is 0.314. The molecule has 0 saturated carbocycles. The molecule has 2 heterocycles. The van der Waals surface area contributed by atoms with Crippen molar-refractivity contribution in [2.24, 2.45) is 5.73 Å². The van der Waals surface area contributed by atoms with Crippen LogP contribution in [0, 0.1) is 0 Å². The van der Waals surface area contributed by atoms with E-state index in [0.717, 1.165) is 48.0 Å². The summed E-state index contributed by atoms with van der Waals surface area (Å²) in [6, 6.07) is 21.4. The second-order valence-corrected chi connectivity index (χ2v) is 7.88. The minimum Gasteiger partial charge on any atom is -0.492 e. The smallest absolute Gasteiger partial charge is 0.145 e. The summed E-state index contributed by atoms with van der Waals surface area (Å²) in [5.74, 6) is 0.827. The van der Waals surface area contributed by atoms with Gasteiger partial charge in [-0.2, -0.15) is 0 Å². The second kappa shape index (κ2) is 8.40. The van der Waals surface area contributed by atoms with Crippen LogP contribution in [-0.4, -0.2) is 23.1 Å². The summed E-state index contributed by atoms with van der Waals surface area (Å²) in [4.78, 5) is 8.43. The van der Waals surface area contributed by atoms with Gasteiger partial charge in [-0.05, 0) is 61.9 Å². The summed E-state index contributed by atoms with van der Waals surface area (Å²) in [6.45, 7) is 3.34. The number of aromatic amines is 1. The van der Waals surface area contributed by atoms with Crippen LogP contribution >= 0.6 is 0 Å². The van der Waals surface area contributed by atoms with Crippen molar-refractivity contribution in [2.75, 3.05) is 13.2 Å². The van der Waals surface area contributed by atoms with E-state index >= 15 is 0 Å². The Bertz CT molecular complexity index is 1370. The number of fused-ring (bicyclic) bond motifs is 4. The van der Waals surface area contributed by atoms with E-state index < -0.39 is 0 Å². The maximum atomic E-state index is 5.85. The Hall–Kier alpha value is -3.37. The van der Waals surface area contributed by atoms with E-state index in [2.05, 4.69) is 58.5 Å². The number of nitrogens with two attached hydrogens (primary N) is 1. The van der Waals surface area contributed by atoms with E-state index in [1.165, 1.54) is 32.9 Å². The molecule has 3 aromatic carbocycles.